The van der Waals surface area contributed by atoms with Gasteiger partial charge in [-0.2, -0.15) is 0 Å². The maximum Gasteiger partial charge on any atom is 0.227 e. The molecule has 1 aromatic carbocycles. The second kappa shape index (κ2) is 9.37. The zero-order valence-electron chi connectivity index (χ0n) is 19.1. The maximum absolute atomic E-state index is 14.8. The van der Waals surface area contributed by atoms with Crippen LogP contribution in [-0.2, 0) is 9.59 Å². The van der Waals surface area contributed by atoms with E-state index in [0.717, 1.165) is 21.7 Å². The second-order valence-corrected chi connectivity index (χ2v) is 10.6. The van der Waals surface area contributed by atoms with Crippen LogP contribution < -0.4 is 11.1 Å². The number of nitrogens with zero attached hydrogens (tertiary/aromatic N) is 1. The number of halogens is 1. The highest BCUT2D eigenvalue weighted by Crippen LogP contribution is 2.38. The van der Waals surface area contributed by atoms with E-state index in [4.69, 9.17) is 5.73 Å². The molecular formula is C24H32FN3O3S. The molecule has 0 bridgehead atoms. The Balaban J connectivity index is 1.74. The summed E-state index contributed by atoms with van der Waals surface area (Å²) in [5.41, 5.74) is 10.2. The molecule has 0 radical (unpaired) electrons. The number of Topliss-reactive ketones (excluding diaryl/α,β-unsaturated/α-hetero) is 1. The molecule has 1 aliphatic carbocycles. The van der Waals surface area contributed by atoms with Crippen LogP contribution in [0.25, 0.3) is 10.4 Å². The fourth-order valence-electron chi connectivity index (χ4n) is 4.17. The Hall–Kier alpha value is -2.16. The van der Waals surface area contributed by atoms with E-state index in [1.165, 1.54) is 0 Å². The van der Waals surface area contributed by atoms with Crippen LogP contribution in [0.2, 0.25) is 0 Å². The van der Waals surface area contributed by atoms with Gasteiger partial charge in [-0.05, 0) is 36.8 Å². The van der Waals surface area contributed by atoms with Crippen LogP contribution >= 0.6 is 11.3 Å². The molecule has 3 unspecified atom stereocenters. The predicted octanol–water partition coefficient (Wildman–Crippen LogP) is 3.57. The number of hydrogen-bond donors (Lipinski definition) is 3. The molecule has 1 saturated carbocycles. The largest absolute Gasteiger partial charge is 0.390 e. The molecule has 3 rings (SSSR count). The van der Waals surface area contributed by atoms with E-state index >= 15 is 0 Å². The first kappa shape index (κ1) is 24.5. The quantitative estimate of drug-likeness (QED) is 0.610. The Bertz CT molecular complexity index is 970. The Morgan fingerprint density at radius 1 is 1.28 bits per heavy atom. The van der Waals surface area contributed by atoms with Gasteiger partial charge in [0.05, 0.1) is 40.2 Å². The van der Waals surface area contributed by atoms with Crippen LogP contribution in [0.15, 0.2) is 29.8 Å². The third-order valence-electron chi connectivity index (χ3n) is 6.32. The smallest absolute Gasteiger partial charge is 0.227 e. The molecule has 8 heteroatoms. The number of aliphatic hydroxyl groups is 1. The number of ketones is 1. The molecule has 2 aromatic rings. The molecule has 1 aliphatic rings. The Labute approximate surface area is 192 Å². The summed E-state index contributed by atoms with van der Waals surface area (Å²) in [5.74, 6) is -3.16. The van der Waals surface area contributed by atoms with Gasteiger partial charge in [0, 0.05) is 5.92 Å². The molecule has 0 spiro atoms. The van der Waals surface area contributed by atoms with Crippen molar-refractivity contribution in [1.82, 2.24) is 10.3 Å². The standard InChI is InChI=1S/C24H32FN3O3S/c1-12(14-6-8-15(9-7-14)21-13(2)27-11-32-21)28-23(31)18-16(10-17(29)19(18)25)20(30)22(26)24(3,4)5/h6-9,11-12,16-19,22,29H,10,26H2,1-5H3,(H,28,31)/t12-,16?,17-,18-,19?,22?/m0/s1. The topological polar surface area (TPSA) is 105 Å². The van der Waals surface area contributed by atoms with Gasteiger partial charge in [-0.25, -0.2) is 9.37 Å². The number of carbonyl (C=O) groups is 2. The van der Waals surface area contributed by atoms with E-state index < -0.39 is 47.5 Å². The molecule has 1 fully saturated rings. The van der Waals surface area contributed by atoms with Gasteiger partial charge in [0.25, 0.3) is 0 Å². The van der Waals surface area contributed by atoms with Gasteiger partial charge in [-0.15, -0.1) is 11.3 Å². The van der Waals surface area contributed by atoms with Crippen molar-refractivity contribution >= 4 is 23.0 Å². The minimum Gasteiger partial charge on any atom is -0.390 e. The molecule has 0 saturated heterocycles. The summed E-state index contributed by atoms with van der Waals surface area (Å²) in [6.45, 7) is 9.23. The van der Waals surface area contributed by atoms with Crippen molar-refractivity contribution in [2.75, 3.05) is 0 Å². The summed E-state index contributed by atoms with van der Waals surface area (Å²) in [5, 5.41) is 12.9. The molecule has 6 atom stereocenters. The first-order chi connectivity index (χ1) is 14.9. The molecule has 1 aromatic heterocycles. The molecule has 1 heterocycles. The average molecular weight is 462 g/mol. The lowest BCUT2D eigenvalue weighted by molar-refractivity contribution is -0.136. The number of hydrogen-bond acceptors (Lipinski definition) is 6. The van der Waals surface area contributed by atoms with Gasteiger partial charge in [0.1, 0.15) is 6.17 Å². The van der Waals surface area contributed by atoms with Crippen LogP contribution in [-0.4, -0.2) is 40.1 Å². The second-order valence-electron chi connectivity index (χ2n) is 9.74. The van der Waals surface area contributed by atoms with E-state index in [2.05, 4.69) is 10.3 Å². The lowest BCUT2D eigenvalue weighted by Gasteiger charge is -2.30. The number of carbonyl (C=O) groups excluding carboxylic acids is 2. The van der Waals surface area contributed by atoms with Crippen LogP contribution in [0.4, 0.5) is 4.39 Å². The zero-order chi connectivity index (χ0) is 23.8. The van der Waals surface area contributed by atoms with Crippen LogP contribution in [0.1, 0.15) is 51.4 Å². The molecule has 1 amide bonds. The number of aliphatic hydroxyl groups excluding tert-OH is 1. The minimum atomic E-state index is -1.81. The van der Waals surface area contributed by atoms with Crippen molar-refractivity contribution in [3.05, 3.63) is 41.0 Å². The molecule has 174 valence electrons. The summed E-state index contributed by atoms with van der Waals surface area (Å²) in [7, 11) is 0. The SMILES string of the molecule is Cc1ncsc1-c1ccc([C@H](C)NC(=O)[C@H]2C(C(=O)C(N)C(C)(C)C)C[C@H](O)C2F)cc1. The number of aromatic nitrogens is 1. The summed E-state index contributed by atoms with van der Waals surface area (Å²) in [6.07, 6.45) is -3.26. The van der Waals surface area contributed by atoms with Crippen molar-refractivity contribution in [3.63, 3.8) is 0 Å². The molecule has 6 nitrogen and oxygen atoms in total. The molecule has 4 N–H and O–H groups in total. The summed E-state index contributed by atoms with van der Waals surface area (Å²) < 4.78 is 14.8. The number of aryl methyl sites for hydroxylation is 1. The summed E-state index contributed by atoms with van der Waals surface area (Å²) in [6, 6.07) is 6.51. The van der Waals surface area contributed by atoms with Crippen molar-refractivity contribution in [1.29, 1.82) is 0 Å². The number of thiazole rings is 1. The first-order valence-corrected chi connectivity index (χ1v) is 11.7. The van der Waals surface area contributed by atoms with E-state index in [1.54, 1.807) is 23.8 Å². The number of nitrogens with two attached hydrogens (primary N) is 1. The van der Waals surface area contributed by atoms with Crippen LogP contribution in [0.5, 0.6) is 0 Å². The average Bonchev–Trinajstić information content (AvgIpc) is 3.29. The van der Waals surface area contributed by atoms with Crippen LogP contribution in [0, 0.1) is 24.2 Å². The maximum atomic E-state index is 14.8. The third kappa shape index (κ3) is 4.92. The van der Waals surface area contributed by atoms with Gasteiger partial charge in [0.15, 0.2) is 5.78 Å². The first-order valence-electron chi connectivity index (χ1n) is 10.8. The highest BCUT2D eigenvalue weighted by molar-refractivity contribution is 7.13. The fraction of sp³-hybridized carbons (Fsp3) is 0.542. The fourth-order valence-corrected chi connectivity index (χ4v) is 4.98. The van der Waals surface area contributed by atoms with Gasteiger partial charge in [-0.1, -0.05) is 45.0 Å². The van der Waals surface area contributed by atoms with Gasteiger partial charge >= 0.3 is 0 Å². The van der Waals surface area contributed by atoms with Crippen LogP contribution in [0.3, 0.4) is 0 Å². The lowest BCUT2D eigenvalue weighted by Crippen LogP contribution is -2.49. The summed E-state index contributed by atoms with van der Waals surface area (Å²) in [4.78, 5) is 31.3. The van der Waals surface area contributed by atoms with Gasteiger partial charge < -0.3 is 16.2 Å². The van der Waals surface area contributed by atoms with Crippen molar-refractivity contribution in [2.24, 2.45) is 23.0 Å². The normalized spacial score (nSPS) is 25.4. The highest BCUT2D eigenvalue weighted by atomic mass is 32.1. The predicted molar refractivity (Wildman–Crippen MR) is 124 cm³/mol. The Kier molecular flexibility index (Phi) is 7.17. The van der Waals surface area contributed by atoms with E-state index in [1.807, 2.05) is 52.0 Å². The summed E-state index contributed by atoms with van der Waals surface area (Å²) >= 11 is 1.56. The Morgan fingerprint density at radius 3 is 2.44 bits per heavy atom. The van der Waals surface area contributed by atoms with Crippen molar-refractivity contribution < 1.29 is 19.1 Å². The highest BCUT2D eigenvalue weighted by Gasteiger charge is 2.52. The van der Waals surface area contributed by atoms with Crippen molar-refractivity contribution in [3.8, 4) is 10.4 Å². The lowest BCUT2D eigenvalue weighted by atomic mass is 9.77. The number of benzene rings is 1. The van der Waals surface area contributed by atoms with Gasteiger partial charge in [0.2, 0.25) is 5.91 Å². The van der Waals surface area contributed by atoms with E-state index in [-0.39, 0.29) is 12.2 Å². The number of alkyl halides is 1. The zero-order valence-corrected chi connectivity index (χ0v) is 19.9. The molecule has 32 heavy (non-hydrogen) atoms. The number of rotatable bonds is 6. The molecule has 0 aliphatic heterocycles. The minimum absolute atomic E-state index is 0.0981. The monoisotopic (exact) mass is 461 g/mol. The number of nitrogens with one attached hydrogen (secondary N) is 1. The van der Waals surface area contributed by atoms with Gasteiger partial charge in [-0.3, -0.25) is 9.59 Å². The van der Waals surface area contributed by atoms with E-state index in [9.17, 15) is 19.1 Å². The van der Waals surface area contributed by atoms with E-state index in [0.29, 0.717) is 0 Å². The molecular weight excluding hydrogens is 429 g/mol. The third-order valence-corrected chi connectivity index (χ3v) is 7.30. The van der Waals surface area contributed by atoms with Crippen molar-refractivity contribution in [2.45, 2.75) is 65.4 Å². The number of amides is 1. The Morgan fingerprint density at radius 2 is 1.91 bits per heavy atom.